The Morgan fingerprint density at radius 2 is 1.66 bits per heavy atom. The predicted molar refractivity (Wildman–Crippen MR) is 131 cm³/mol. The fourth-order valence-electron chi connectivity index (χ4n) is 4.72. The molecule has 2 aliphatic rings. The number of hydrogen-bond acceptors (Lipinski definition) is 4. The van der Waals surface area contributed by atoms with Crippen molar-refractivity contribution < 1.29 is 9.59 Å². The molecule has 1 aliphatic carbocycles. The van der Waals surface area contributed by atoms with Gasteiger partial charge < -0.3 is 15.5 Å². The van der Waals surface area contributed by atoms with Gasteiger partial charge in [0, 0.05) is 22.8 Å². The quantitative estimate of drug-likeness (QED) is 0.562. The lowest BCUT2D eigenvalue weighted by atomic mass is 9.95. The molecule has 6 heteroatoms. The van der Waals surface area contributed by atoms with Crippen LogP contribution in [0.3, 0.4) is 0 Å². The molecule has 2 N–H and O–H groups in total. The molecular weight excluding hydrogens is 418 g/mol. The van der Waals surface area contributed by atoms with Crippen molar-refractivity contribution in [1.29, 1.82) is 0 Å². The molecule has 2 aromatic carbocycles. The van der Waals surface area contributed by atoms with E-state index in [2.05, 4.69) is 33.7 Å². The van der Waals surface area contributed by atoms with E-state index in [0.717, 1.165) is 62.0 Å². The average molecular weight is 446 g/mol. The molecule has 0 saturated carbocycles. The van der Waals surface area contributed by atoms with Crippen LogP contribution in [-0.4, -0.2) is 24.9 Å². The minimum Gasteiger partial charge on any atom is -0.362 e. The van der Waals surface area contributed by atoms with Crippen molar-refractivity contribution in [3.05, 3.63) is 76.2 Å². The van der Waals surface area contributed by atoms with Gasteiger partial charge >= 0.3 is 0 Å². The van der Waals surface area contributed by atoms with Crippen molar-refractivity contribution in [1.82, 2.24) is 0 Å². The number of nitrogens with one attached hydrogen (secondary N) is 2. The molecule has 5 rings (SSSR count). The van der Waals surface area contributed by atoms with Crippen LogP contribution in [0.15, 0.2) is 54.6 Å². The Kier molecular flexibility index (Phi) is 5.95. The third-order valence-electron chi connectivity index (χ3n) is 6.22. The van der Waals surface area contributed by atoms with Crippen LogP contribution < -0.4 is 15.5 Å². The minimum atomic E-state index is -0.144. The molecule has 0 fully saturated rings. The molecule has 2 amide bonds. The van der Waals surface area contributed by atoms with E-state index in [4.69, 9.17) is 0 Å². The van der Waals surface area contributed by atoms with E-state index >= 15 is 0 Å². The first-order valence-corrected chi connectivity index (χ1v) is 12.1. The van der Waals surface area contributed by atoms with Gasteiger partial charge in [-0.25, -0.2) is 0 Å². The van der Waals surface area contributed by atoms with E-state index in [1.165, 1.54) is 10.4 Å². The zero-order chi connectivity index (χ0) is 21.9. The number of carbonyl (C=O) groups excluding carboxylic acids is 2. The van der Waals surface area contributed by atoms with Crippen LogP contribution in [-0.2, 0) is 24.1 Å². The number of fused-ring (bicyclic) bond motifs is 2. The summed E-state index contributed by atoms with van der Waals surface area (Å²) in [6.07, 6.45) is 6.16. The van der Waals surface area contributed by atoms with Gasteiger partial charge in [-0.3, -0.25) is 9.59 Å². The second-order valence-corrected chi connectivity index (χ2v) is 9.54. The number of aryl methyl sites for hydroxylation is 2. The van der Waals surface area contributed by atoms with Gasteiger partial charge in [-0.1, -0.05) is 36.4 Å². The Hall–Kier alpha value is -3.12. The summed E-state index contributed by atoms with van der Waals surface area (Å²) in [6.45, 7) is 1.16. The summed E-state index contributed by atoms with van der Waals surface area (Å²) in [7, 11) is 0. The van der Waals surface area contributed by atoms with Gasteiger partial charge in [0.15, 0.2) is 0 Å². The monoisotopic (exact) mass is 445 g/mol. The van der Waals surface area contributed by atoms with Gasteiger partial charge in [0.05, 0.1) is 12.1 Å². The highest BCUT2D eigenvalue weighted by molar-refractivity contribution is 7.17. The van der Waals surface area contributed by atoms with E-state index in [9.17, 15) is 9.59 Å². The Labute approximate surface area is 192 Å². The molecule has 0 spiro atoms. The molecule has 1 aliphatic heterocycles. The number of anilines is 3. The average Bonchev–Trinajstić information content (AvgIpc) is 3.17. The molecule has 0 atom stereocenters. The van der Waals surface area contributed by atoms with Crippen LogP contribution in [0.25, 0.3) is 0 Å². The SMILES string of the molecule is O=C(CN1CCCc2ccccc21)Nc1sc2c(c1C(=O)Nc1ccccc1)CCCC2. The molecule has 0 bridgehead atoms. The van der Waals surface area contributed by atoms with Gasteiger partial charge in [-0.15, -0.1) is 11.3 Å². The summed E-state index contributed by atoms with van der Waals surface area (Å²) in [6, 6.07) is 17.8. The highest BCUT2D eigenvalue weighted by atomic mass is 32.1. The van der Waals surface area contributed by atoms with Gasteiger partial charge in [0.1, 0.15) is 5.00 Å². The smallest absolute Gasteiger partial charge is 0.258 e. The highest BCUT2D eigenvalue weighted by Gasteiger charge is 2.27. The molecular formula is C26H27N3O2S. The van der Waals surface area contributed by atoms with Crippen LogP contribution in [0.5, 0.6) is 0 Å². The molecule has 0 radical (unpaired) electrons. The fraction of sp³-hybridized carbons (Fsp3) is 0.308. The molecule has 164 valence electrons. The number of rotatable bonds is 5. The predicted octanol–water partition coefficient (Wildman–Crippen LogP) is 5.27. The first-order valence-electron chi connectivity index (χ1n) is 11.3. The number of benzene rings is 2. The Morgan fingerprint density at radius 1 is 0.875 bits per heavy atom. The molecule has 32 heavy (non-hydrogen) atoms. The van der Waals surface area contributed by atoms with Crippen LogP contribution >= 0.6 is 11.3 Å². The maximum Gasteiger partial charge on any atom is 0.258 e. The van der Waals surface area contributed by atoms with Crippen LogP contribution in [0.1, 0.15) is 45.6 Å². The largest absolute Gasteiger partial charge is 0.362 e. The van der Waals surface area contributed by atoms with Crippen molar-refractivity contribution in [3.63, 3.8) is 0 Å². The summed E-state index contributed by atoms with van der Waals surface area (Å²) < 4.78 is 0. The molecule has 0 saturated heterocycles. The number of amides is 2. The molecule has 2 heterocycles. The lowest BCUT2D eigenvalue weighted by Gasteiger charge is -2.30. The lowest BCUT2D eigenvalue weighted by Crippen LogP contribution is -2.36. The van der Waals surface area contributed by atoms with Crippen LogP contribution in [0.4, 0.5) is 16.4 Å². The summed E-state index contributed by atoms with van der Waals surface area (Å²) in [5, 5.41) is 6.78. The topological polar surface area (TPSA) is 61.4 Å². The van der Waals surface area contributed by atoms with Crippen molar-refractivity contribution in [2.45, 2.75) is 38.5 Å². The third-order valence-corrected chi connectivity index (χ3v) is 7.43. The fourth-order valence-corrected chi connectivity index (χ4v) is 6.03. The normalized spacial score (nSPS) is 14.9. The van der Waals surface area contributed by atoms with Crippen LogP contribution in [0.2, 0.25) is 0 Å². The minimum absolute atomic E-state index is 0.0749. The molecule has 5 nitrogen and oxygen atoms in total. The Balaban J connectivity index is 1.37. The standard InChI is InChI=1S/C26H27N3O2S/c30-23(17-29-16-8-10-18-9-4-6-14-21(18)29)28-26-24(20-13-5-7-15-22(20)32-26)25(31)27-19-11-2-1-3-12-19/h1-4,6,9,11-12,14H,5,7-8,10,13,15-17H2,(H,27,31)(H,28,30). The first kappa shape index (κ1) is 20.8. The third kappa shape index (κ3) is 4.28. The van der Waals surface area contributed by atoms with Gasteiger partial charge in [0.2, 0.25) is 5.91 Å². The maximum atomic E-state index is 13.2. The van der Waals surface area contributed by atoms with E-state index in [-0.39, 0.29) is 11.8 Å². The first-order chi connectivity index (χ1) is 15.7. The number of nitrogens with zero attached hydrogens (tertiary/aromatic N) is 1. The molecule has 3 aromatic rings. The zero-order valence-corrected chi connectivity index (χ0v) is 18.8. The van der Waals surface area contributed by atoms with E-state index < -0.39 is 0 Å². The van der Waals surface area contributed by atoms with Crippen molar-refractivity contribution >= 4 is 39.5 Å². The second kappa shape index (κ2) is 9.17. The molecule has 0 unspecified atom stereocenters. The summed E-state index contributed by atoms with van der Waals surface area (Å²) >= 11 is 1.57. The van der Waals surface area contributed by atoms with Crippen molar-refractivity contribution in [2.24, 2.45) is 0 Å². The van der Waals surface area contributed by atoms with Crippen LogP contribution in [0, 0.1) is 0 Å². The Morgan fingerprint density at radius 3 is 2.53 bits per heavy atom. The van der Waals surface area contributed by atoms with Crippen molar-refractivity contribution in [3.8, 4) is 0 Å². The second-order valence-electron chi connectivity index (χ2n) is 8.44. The van der Waals surface area contributed by atoms with E-state index in [1.807, 2.05) is 36.4 Å². The lowest BCUT2D eigenvalue weighted by molar-refractivity contribution is -0.115. The highest BCUT2D eigenvalue weighted by Crippen LogP contribution is 2.38. The van der Waals surface area contributed by atoms with Gasteiger partial charge in [-0.05, 0) is 67.9 Å². The summed E-state index contributed by atoms with van der Waals surface area (Å²) in [5.41, 5.74) is 4.94. The molecule has 1 aromatic heterocycles. The number of hydrogen-bond donors (Lipinski definition) is 2. The summed E-state index contributed by atoms with van der Waals surface area (Å²) in [4.78, 5) is 29.7. The van der Waals surface area contributed by atoms with Gasteiger partial charge in [-0.2, -0.15) is 0 Å². The summed E-state index contributed by atoms with van der Waals surface area (Å²) in [5.74, 6) is -0.219. The van der Waals surface area contributed by atoms with E-state index in [0.29, 0.717) is 17.1 Å². The zero-order valence-electron chi connectivity index (χ0n) is 18.0. The Bertz CT molecular complexity index is 1140. The number of para-hydroxylation sites is 2. The number of carbonyl (C=O) groups is 2. The number of thiophene rings is 1. The van der Waals surface area contributed by atoms with Gasteiger partial charge in [0.25, 0.3) is 5.91 Å². The maximum absolute atomic E-state index is 13.2. The van der Waals surface area contributed by atoms with Crippen molar-refractivity contribution in [2.75, 3.05) is 28.6 Å². The van der Waals surface area contributed by atoms with E-state index in [1.54, 1.807) is 11.3 Å².